The van der Waals surface area contributed by atoms with Gasteiger partial charge in [-0.1, -0.05) is 6.92 Å². The minimum absolute atomic E-state index is 0.223. The second kappa shape index (κ2) is 5.65. The zero-order valence-electron chi connectivity index (χ0n) is 6.71. The van der Waals surface area contributed by atoms with Gasteiger partial charge in [0.1, 0.15) is 0 Å². The highest BCUT2D eigenvalue weighted by Gasteiger charge is 2.03. The van der Waals surface area contributed by atoms with Gasteiger partial charge < -0.3 is 15.6 Å². The number of hydrogen-bond acceptors (Lipinski definition) is 3. The minimum Gasteiger partial charge on any atom is -0.389 e. The Balaban J connectivity index is 3.17. The molecule has 0 aromatic heterocycles. The van der Waals surface area contributed by atoms with Crippen molar-refractivity contribution in [2.45, 2.75) is 32.5 Å². The summed E-state index contributed by atoms with van der Waals surface area (Å²) in [5, 5.41) is 8.95. The molecule has 0 aromatic rings. The monoisotopic (exact) mass is 147 g/mol. The van der Waals surface area contributed by atoms with E-state index in [0.29, 0.717) is 6.61 Å². The van der Waals surface area contributed by atoms with Crippen molar-refractivity contribution >= 4 is 0 Å². The first-order chi connectivity index (χ1) is 4.70. The van der Waals surface area contributed by atoms with Crippen LogP contribution in [0.5, 0.6) is 0 Å². The molecule has 0 saturated heterocycles. The summed E-state index contributed by atoms with van der Waals surface area (Å²) in [7, 11) is 0. The third-order valence-corrected chi connectivity index (χ3v) is 1.42. The largest absolute Gasteiger partial charge is 0.389 e. The van der Waals surface area contributed by atoms with E-state index in [-0.39, 0.29) is 12.6 Å². The molecule has 0 spiro atoms. The van der Waals surface area contributed by atoms with Gasteiger partial charge in [-0.25, -0.2) is 0 Å². The van der Waals surface area contributed by atoms with Crippen LogP contribution in [0.3, 0.4) is 0 Å². The van der Waals surface area contributed by atoms with Gasteiger partial charge in [0, 0.05) is 6.54 Å². The summed E-state index contributed by atoms with van der Waals surface area (Å²) in [6.45, 7) is 4.64. The van der Waals surface area contributed by atoms with Gasteiger partial charge in [0.2, 0.25) is 0 Å². The first kappa shape index (κ1) is 9.88. The zero-order chi connectivity index (χ0) is 7.98. The molecular formula is C7H17NO2. The van der Waals surface area contributed by atoms with Crippen LogP contribution < -0.4 is 5.73 Å². The lowest BCUT2D eigenvalue weighted by Gasteiger charge is -2.13. The Kier molecular flexibility index (Phi) is 5.58. The molecule has 10 heavy (non-hydrogen) atoms. The first-order valence-corrected chi connectivity index (χ1v) is 3.70. The van der Waals surface area contributed by atoms with Crippen LogP contribution in [0.4, 0.5) is 0 Å². The Morgan fingerprint density at radius 3 is 2.60 bits per heavy atom. The summed E-state index contributed by atoms with van der Waals surface area (Å²) in [5.41, 5.74) is 5.17. The molecular weight excluding hydrogens is 130 g/mol. The van der Waals surface area contributed by atoms with Crippen LogP contribution in [0.15, 0.2) is 0 Å². The lowest BCUT2D eigenvalue weighted by molar-refractivity contribution is 0.000747. The summed E-state index contributed by atoms with van der Waals surface area (Å²) in [6.07, 6.45) is 0.687. The van der Waals surface area contributed by atoms with Crippen LogP contribution in [0.1, 0.15) is 20.3 Å². The van der Waals surface area contributed by atoms with Gasteiger partial charge >= 0.3 is 0 Å². The predicted octanol–water partition coefficient (Wildman–Crippen LogP) is 0.121. The minimum atomic E-state index is -0.506. The van der Waals surface area contributed by atoms with Crippen LogP contribution in [0.25, 0.3) is 0 Å². The standard InChI is InChI=1S/C7H17NO2/c1-3-6(2)10-5-7(9)4-8/h6-7,9H,3-5,8H2,1-2H3/t6?,7-/m1/s1. The molecule has 0 aliphatic rings. The summed E-state index contributed by atoms with van der Waals surface area (Å²) in [5.74, 6) is 0. The number of aliphatic hydroxyl groups is 1. The Morgan fingerprint density at radius 1 is 1.60 bits per heavy atom. The molecule has 0 radical (unpaired) electrons. The quantitative estimate of drug-likeness (QED) is 0.580. The van der Waals surface area contributed by atoms with Gasteiger partial charge in [-0.2, -0.15) is 0 Å². The van der Waals surface area contributed by atoms with E-state index in [9.17, 15) is 0 Å². The lowest BCUT2D eigenvalue weighted by atomic mass is 10.3. The molecule has 0 heterocycles. The zero-order valence-corrected chi connectivity index (χ0v) is 6.71. The molecule has 0 rings (SSSR count). The molecule has 0 aliphatic heterocycles. The Bertz CT molecular complexity index is 68.0. The van der Waals surface area contributed by atoms with Gasteiger partial charge in [0.15, 0.2) is 0 Å². The number of rotatable bonds is 5. The molecule has 0 fully saturated rings. The highest BCUT2D eigenvalue weighted by molar-refractivity contribution is 4.54. The van der Waals surface area contributed by atoms with Gasteiger partial charge in [0.25, 0.3) is 0 Å². The van der Waals surface area contributed by atoms with E-state index in [1.54, 1.807) is 0 Å². The molecule has 0 bridgehead atoms. The molecule has 0 saturated carbocycles. The Morgan fingerprint density at radius 2 is 2.20 bits per heavy atom. The highest BCUT2D eigenvalue weighted by Crippen LogP contribution is 1.96. The first-order valence-electron chi connectivity index (χ1n) is 3.70. The van der Waals surface area contributed by atoms with Gasteiger partial charge in [0.05, 0.1) is 18.8 Å². The maximum absolute atomic E-state index is 8.95. The molecule has 0 amide bonds. The molecule has 0 aliphatic carbocycles. The molecule has 0 aromatic carbocycles. The number of ether oxygens (including phenoxy) is 1. The van der Waals surface area contributed by atoms with Crippen LogP contribution >= 0.6 is 0 Å². The van der Waals surface area contributed by atoms with E-state index in [0.717, 1.165) is 6.42 Å². The third kappa shape index (κ3) is 4.73. The fraction of sp³-hybridized carbons (Fsp3) is 1.00. The summed E-state index contributed by atoms with van der Waals surface area (Å²) in [6, 6.07) is 0. The second-order valence-electron chi connectivity index (χ2n) is 2.44. The number of hydrogen-bond donors (Lipinski definition) is 2. The van der Waals surface area contributed by atoms with Crippen molar-refractivity contribution in [2.75, 3.05) is 13.2 Å². The van der Waals surface area contributed by atoms with Crippen molar-refractivity contribution in [1.82, 2.24) is 0 Å². The van der Waals surface area contributed by atoms with Crippen LogP contribution in [-0.4, -0.2) is 30.5 Å². The maximum Gasteiger partial charge on any atom is 0.0895 e. The van der Waals surface area contributed by atoms with E-state index in [4.69, 9.17) is 15.6 Å². The molecule has 3 N–H and O–H groups in total. The van der Waals surface area contributed by atoms with E-state index >= 15 is 0 Å². The van der Waals surface area contributed by atoms with Gasteiger partial charge in [-0.05, 0) is 13.3 Å². The number of aliphatic hydroxyl groups excluding tert-OH is 1. The van der Waals surface area contributed by atoms with Crippen molar-refractivity contribution < 1.29 is 9.84 Å². The summed E-state index contributed by atoms with van der Waals surface area (Å²) in [4.78, 5) is 0. The summed E-state index contributed by atoms with van der Waals surface area (Å²) < 4.78 is 5.21. The summed E-state index contributed by atoms with van der Waals surface area (Å²) >= 11 is 0. The SMILES string of the molecule is CCC(C)OC[C@H](O)CN. The molecule has 3 nitrogen and oxygen atoms in total. The van der Waals surface area contributed by atoms with Crippen molar-refractivity contribution in [3.8, 4) is 0 Å². The molecule has 3 heteroatoms. The van der Waals surface area contributed by atoms with Crippen LogP contribution in [-0.2, 0) is 4.74 Å². The number of nitrogens with two attached hydrogens (primary N) is 1. The fourth-order valence-electron chi connectivity index (χ4n) is 0.461. The second-order valence-corrected chi connectivity index (χ2v) is 2.44. The average molecular weight is 147 g/mol. The lowest BCUT2D eigenvalue weighted by Crippen LogP contribution is -2.27. The fourth-order valence-corrected chi connectivity index (χ4v) is 0.461. The molecule has 62 valence electrons. The Hall–Kier alpha value is -0.120. The third-order valence-electron chi connectivity index (χ3n) is 1.42. The normalized spacial score (nSPS) is 16.8. The van der Waals surface area contributed by atoms with Crippen molar-refractivity contribution in [3.63, 3.8) is 0 Å². The topological polar surface area (TPSA) is 55.5 Å². The Labute approximate surface area is 62.2 Å². The smallest absolute Gasteiger partial charge is 0.0895 e. The highest BCUT2D eigenvalue weighted by atomic mass is 16.5. The maximum atomic E-state index is 8.95. The van der Waals surface area contributed by atoms with E-state index in [2.05, 4.69) is 0 Å². The average Bonchev–Trinajstić information content (AvgIpc) is 1.99. The van der Waals surface area contributed by atoms with E-state index in [1.807, 2.05) is 13.8 Å². The van der Waals surface area contributed by atoms with Crippen LogP contribution in [0.2, 0.25) is 0 Å². The van der Waals surface area contributed by atoms with Crippen molar-refractivity contribution in [1.29, 1.82) is 0 Å². The van der Waals surface area contributed by atoms with Crippen LogP contribution in [0, 0.1) is 0 Å². The van der Waals surface area contributed by atoms with Gasteiger partial charge in [-0.3, -0.25) is 0 Å². The van der Waals surface area contributed by atoms with Gasteiger partial charge in [-0.15, -0.1) is 0 Å². The molecule has 1 unspecified atom stereocenters. The molecule has 2 atom stereocenters. The predicted molar refractivity (Wildman–Crippen MR) is 40.8 cm³/mol. The van der Waals surface area contributed by atoms with E-state index in [1.165, 1.54) is 0 Å². The van der Waals surface area contributed by atoms with Crippen molar-refractivity contribution in [3.05, 3.63) is 0 Å². The van der Waals surface area contributed by atoms with Crippen molar-refractivity contribution in [2.24, 2.45) is 5.73 Å². The van der Waals surface area contributed by atoms with E-state index < -0.39 is 6.10 Å².